The fraction of sp³-hybridized carbons (Fsp3) is 0.448. The summed E-state index contributed by atoms with van der Waals surface area (Å²) in [6.07, 6.45) is 3.55. The molecule has 2 heterocycles. The monoisotopic (exact) mass is 524 g/mol. The van der Waals surface area contributed by atoms with Crippen molar-refractivity contribution in [2.45, 2.75) is 36.7 Å². The summed E-state index contributed by atoms with van der Waals surface area (Å²) < 4.78 is 10.8. The minimum Gasteiger partial charge on any atom is -0.497 e. The number of aliphatic carboxylic acids is 1. The Morgan fingerprint density at radius 2 is 2.00 bits per heavy atom. The smallest absolute Gasteiger partial charge is 0.303 e. The minimum absolute atomic E-state index is 0.0731. The van der Waals surface area contributed by atoms with Gasteiger partial charge in [-0.2, -0.15) is 0 Å². The summed E-state index contributed by atoms with van der Waals surface area (Å²) in [5.41, 5.74) is 1.66. The van der Waals surface area contributed by atoms with Crippen LogP contribution in [0.2, 0.25) is 0 Å². The van der Waals surface area contributed by atoms with Gasteiger partial charge in [0.1, 0.15) is 11.5 Å². The first-order valence-electron chi connectivity index (χ1n) is 12.8. The summed E-state index contributed by atoms with van der Waals surface area (Å²) in [6.45, 7) is 2.62. The van der Waals surface area contributed by atoms with Crippen molar-refractivity contribution in [1.82, 2.24) is 9.88 Å². The number of carboxylic acids is 1. The number of ether oxygens (including phenoxy) is 2. The number of hydrogen-bond acceptors (Lipinski definition) is 7. The number of hydrogen-bond donors (Lipinski definition) is 2. The van der Waals surface area contributed by atoms with Crippen LogP contribution in [0.15, 0.2) is 59.6 Å². The summed E-state index contributed by atoms with van der Waals surface area (Å²) in [7, 11) is 3.31. The first-order valence-corrected chi connectivity index (χ1v) is 13.8. The van der Waals surface area contributed by atoms with E-state index >= 15 is 0 Å². The zero-order chi connectivity index (χ0) is 26.2. The van der Waals surface area contributed by atoms with Gasteiger partial charge in [-0.05, 0) is 79.6 Å². The Morgan fingerprint density at radius 1 is 1.16 bits per heavy atom. The van der Waals surface area contributed by atoms with Crippen molar-refractivity contribution in [2.24, 2.45) is 11.8 Å². The average molecular weight is 525 g/mol. The Labute approximate surface area is 222 Å². The van der Waals surface area contributed by atoms with Gasteiger partial charge in [-0.15, -0.1) is 11.8 Å². The van der Waals surface area contributed by atoms with Crippen molar-refractivity contribution >= 4 is 28.6 Å². The summed E-state index contributed by atoms with van der Waals surface area (Å²) >= 11 is 1.77. The predicted molar refractivity (Wildman–Crippen MR) is 146 cm³/mol. The van der Waals surface area contributed by atoms with Gasteiger partial charge in [0.05, 0.1) is 25.8 Å². The Bertz CT molecular complexity index is 1190. The lowest BCUT2D eigenvalue weighted by atomic mass is 9.79. The van der Waals surface area contributed by atoms with Crippen LogP contribution in [0.3, 0.4) is 0 Å². The molecule has 2 aromatic carbocycles. The van der Waals surface area contributed by atoms with Crippen molar-refractivity contribution in [3.8, 4) is 11.5 Å². The van der Waals surface area contributed by atoms with Gasteiger partial charge in [0.25, 0.3) is 0 Å². The molecule has 0 amide bonds. The zero-order valence-electron chi connectivity index (χ0n) is 21.5. The molecular formula is C29H36N2O5S. The lowest BCUT2D eigenvalue weighted by molar-refractivity contribution is -0.139. The maximum absolute atomic E-state index is 11.7. The van der Waals surface area contributed by atoms with Crippen molar-refractivity contribution in [3.05, 3.63) is 60.3 Å². The van der Waals surface area contributed by atoms with E-state index in [1.165, 1.54) is 0 Å². The van der Waals surface area contributed by atoms with Gasteiger partial charge in [-0.1, -0.05) is 12.1 Å². The van der Waals surface area contributed by atoms with Crippen LogP contribution in [0, 0.1) is 11.8 Å². The van der Waals surface area contributed by atoms with E-state index in [1.807, 2.05) is 42.5 Å². The highest BCUT2D eigenvalue weighted by Crippen LogP contribution is 2.35. The summed E-state index contributed by atoms with van der Waals surface area (Å²) in [6, 6.07) is 15.6. The molecule has 0 spiro atoms. The Balaban J connectivity index is 1.35. The number of thioether (sulfide) groups is 1. The molecule has 1 aliphatic heterocycles. The third-order valence-electron chi connectivity index (χ3n) is 7.30. The van der Waals surface area contributed by atoms with Crippen LogP contribution in [0.4, 0.5) is 0 Å². The van der Waals surface area contributed by atoms with E-state index < -0.39 is 12.1 Å². The topological polar surface area (TPSA) is 92.1 Å². The van der Waals surface area contributed by atoms with Crippen molar-refractivity contribution < 1.29 is 24.5 Å². The third kappa shape index (κ3) is 7.15. The molecular weight excluding hydrogens is 488 g/mol. The molecule has 4 rings (SSSR count). The molecule has 1 aromatic heterocycles. The quantitative estimate of drug-likeness (QED) is 0.310. The van der Waals surface area contributed by atoms with E-state index in [0.717, 1.165) is 71.1 Å². The lowest BCUT2D eigenvalue weighted by Crippen LogP contribution is -2.42. The van der Waals surface area contributed by atoms with Crippen LogP contribution in [0.1, 0.15) is 37.4 Å². The highest BCUT2D eigenvalue weighted by atomic mass is 32.2. The van der Waals surface area contributed by atoms with Gasteiger partial charge in [-0.25, -0.2) is 0 Å². The van der Waals surface area contributed by atoms with Crippen LogP contribution >= 0.6 is 11.8 Å². The number of aliphatic hydroxyl groups is 1. The van der Waals surface area contributed by atoms with Crippen LogP contribution < -0.4 is 9.47 Å². The van der Waals surface area contributed by atoms with Crippen molar-refractivity contribution in [1.29, 1.82) is 0 Å². The van der Waals surface area contributed by atoms with Gasteiger partial charge < -0.3 is 24.6 Å². The maximum Gasteiger partial charge on any atom is 0.303 e. The lowest BCUT2D eigenvalue weighted by Gasteiger charge is -2.38. The number of aliphatic hydroxyl groups excluding tert-OH is 1. The standard InChI is InChI=1S/C29H36N2O5S/c1-35-22-8-9-25-24(18-22)23(11-13-30-25)26(32)10-7-20-12-14-31(19-21(20)17-29(33)34)15-16-37-28-6-4-3-5-27(28)36-2/h3-6,8-9,11,13,18,20-21,26,32H,7,10,12,14-17,19H2,1-2H3,(H,33,34)/t20-,21+,26+/m1/s1. The Hall–Kier alpha value is -2.81. The van der Waals surface area contributed by atoms with Crippen LogP contribution in [-0.2, 0) is 4.79 Å². The van der Waals surface area contributed by atoms with E-state index in [0.29, 0.717) is 6.42 Å². The van der Waals surface area contributed by atoms with Gasteiger partial charge in [0.2, 0.25) is 0 Å². The molecule has 0 aliphatic carbocycles. The number of piperidine rings is 1. The number of methoxy groups -OCH3 is 2. The molecule has 2 N–H and O–H groups in total. The number of nitrogens with zero attached hydrogens (tertiary/aromatic N) is 2. The third-order valence-corrected chi connectivity index (χ3v) is 8.33. The molecule has 3 aromatic rings. The normalized spacial score (nSPS) is 19.0. The fourth-order valence-electron chi connectivity index (χ4n) is 5.31. The minimum atomic E-state index is -0.756. The maximum atomic E-state index is 11.7. The molecule has 0 radical (unpaired) electrons. The highest BCUT2D eigenvalue weighted by molar-refractivity contribution is 7.99. The number of rotatable bonds is 12. The van der Waals surface area contributed by atoms with E-state index in [-0.39, 0.29) is 18.3 Å². The number of likely N-dealkylation sites (tertiary alicyclic amines) is 1. The number of pyridine rings is 1. The molecule has 7 nitrogen and oxygen atoms in total. The summed E-state index contributed by atoms with van der Waals surface area (Å²) in [5.74, 6) is 2.12. The largest absolute Gasteiger partial charge is 0.497 e. The number of carboxylic acid groups (broad SMARTS) is 1. The predicted octanol–water partition coefficient (Wildman–Crippen LogP) is 5.27. The molecule has 37 heavy (non-hydrogen) atoms. The van der Waals surface area contributed by atoms with Crippen molar-refractivity contribution in [3.63, 3.8) is 0 Å². The van der Waals surface area contributed by atoms with E-state index in [4.69, 9.17) is 9.47 Å². The second-order valence-electron chi connectivity index (χ2n) is 9.58. The van der Waals surface area contributed by atoms with Gasteiger partial charge in [0.15, 0.2) is 0 Å². The van der Waals surface area contributed by atoms with Crippen LogP contribution in [0.25, 0.3) is 10.9 Å². The molecule has 1 aliphatic rings. The highest BCUT2D eigenvalue weighted by Gasteiger charge is 2.31. The van der Waals surface area contributed by atoms with Gasteiger partial charge >= 0.3 is 5.97 Å². The first kappa shape index (κ1) is 27.2. The van der Waals surface area contributed by atoms with E-state index in [9.17, 15) is 15.0 Å². The van der Waals surface area contributed by atoms with E-state index in [2.05, 4.69) is 16.0 Å². The molecule has 1 fully saturated rings. The fourth-order valence-corrected chi connectivity index (χ4v) is 6.35. The number of fused-ring (bicyclic) bond motifs is 1. The Kier molecular flexibility index (Phi) is 9.66. The second kappa shape index (κ2) is 13.1. The first-order chi connectivity index (χ1) is 18.0. The molecule has 1 saturated heterocycles. The van der Waals surface area contributed by atoms with Crippen LogP contribution in [0.5, 0.6) is 11.5 Å². The molecule has 0 bridgehead atoms. The summed E-state index contributed by atoms with van der Waals surface area (Å²) in [5, 5.41) is 21.6. The molecule has 3 atom stereocenters. The van der Waals surface area contributed by atoms with Crippen molar-refractivity contribution in [2.75, 3.05) is 39.6 Å². The SMILES string of the molecule is COc1ccc2nccc([C@@H](O)CC[C@@H]3CCN(CCSc4ccccc4OC)C[C@@H]3CC(=O)O)c2c1. The second-order valence-corrected chi connectivity index (χ2v) is 10.7. The van der Waals surface area contributed by atoms with Gasteiger partial charge in [0, 0.05) is 41.7 Å². The zero-order valence-corrected chi connectivity index (χ0v) is 22.3. The number of carbonyl (C=O) groups is 1. The number of para-hydroxylation sites is 1. The number of aromatic nitrogens is 1. The Morgan fingerprint density at radius 3 is 2.78 bits per heavy atom. The average Bonchev–Trinajstić information content (AvgIpc) is 2.91. The molecule has 198 valence electrons. The molecule has 0 saturated carbocycles. The van der Waals surface area contributed by atoms with Gasteiger partial charge in [-0.3, -0.25) is 9.78 Å². The molecule has 0 unspecified atom stereocenters. The van der Waals surface area contributed by atoms with E-state index in [1.54, 1.807) is 32.2 Å². The molecule has 8 heteroatoms. The number of benzene rings is 2. The summed E-state index contributed by atoms with van der Waals surface area (Å²) in [4.78, 5) is 19.6. The van der Waals surface area contributed by atoms with Crippen LogP contribution in [-0.4, -0.2) is 65.7 Å².